The molecule has 0 aliphatic heterocycles. The van der Waals surface area contributed by atoms with Gasteiger partial charge in [-0.05, 0) is 24.6 Å². The molecule has 124 valence electrons. The van der Waals surface area contributed by atoms with Crippen LogP contribution in [-0.4, -0.2) is 32.2 Å². The number of amides is 1. The van der Waals surface area contributed by atoms with Gasteiger partial charge in [0.15, 0.2) is 0 Å². The zero-order chi connectivity index (χ0) is 17.1. The van der Waals surface area contributed by atoms with E-state index in [1.807, 2.05) is 47.3 Å². The summed E-state index contributed by atoms with van der Waals surface area (Å²) in [5, 5.41) is 9.32. The third kappa shape index (κ3) is 3.06. The summed E-state index contributed by atoms with van der Waals surface area (Å²) in [6.07, 6.45) is 7.61. The number of para-hydroxylation sites is 1. The summed E-state index contributed by atoms with van der Waals surface area (Å²) >= 11 is 0. The predicted octanol–water partition coefficient (Wildman–Crippen LogP) is 2.80. The lowest BCUT2D eigenvalue weighted by molar-refractivity contribution is 0.0954. The van der Waals surface area contributed by atoms with Gasteiger partial charge in [-0.25, -0.2) is 0 Å². The van der Waals surface area contributed by atoms with E-state index in [0.717, 1.165) is 29.3 Å². The van der Waals surface area contributed by atoms with Gasteiger partial charge in [-0.2, -0.15) is 5.10 Å². The number of carbonyl (C=O) groups excluding carboxylic acids is 1. The Kier molecular flexibility index (Phi) is 4.08. The molecule has 4 aromatic rings. The number of fused-ring (bicyclic) bond motifs is 2. The molecule has 0 radical (unpaired) electrons. The van der Waals surface area contributed by atoms with Crippen molar-refractivity contribution >= 4 is 27.7 Å². The van der Waals surface area contributed by atoms with Gasteiger partial charge in [0, 0.05) is 42.5 Å². The van der Waals surface area contributed by atoms with Crippen LogP contribution in [0.1, 0.15) is 16.8 Å². The highest BCUT2D eigenvalue weighted by Gasteiger charge is 2.11. The van der Waals surface area contributed by atoms with E-state index >= 15 is 0 Å². The van der Waals surface area contributed by atoms with Gasteiger partial charge in [0.1, 0.15) is 0 Å². The summed E-state index contributed by atoms with van der Waals surface area (Å²) in [6.45, 7) is 1.32. The maximum atomic E-state index is 12.4. The smallest absolute Gasteiger partial charge is 0.255 e. The van der Waals surface area contributed by atoms with Gasteiger partial charge in [0.2, 0.25) is 0 Å². The van der Waals surface area contributed by atoms with Gasteiger partial charge in [-0.1, -0.05) is 18.2 Å². The van der Waals surface area contributed by atoms with Crippen molar-refractivity contribution < 1.29 is 4.79 Å². The molecule has 0 unspecified atom stereocenters. The maximum Gasteiger partial charge on any atom is 0.255 e. The van der Waals surface area contributed by atoms with Gasteiger partial charge in [0.05, 0.1) is 22.8 Å². The third-order valence-electron chi connectivity index (χ3n) is 4.14. The number of benzene rings is 1. The van der Waals surface area contributed by atoms with E-state index in [9.17, 15) is 4.79 Å². The van der Waals surface area contributed by atoms with Crippen LogP contribution in [0.15, 0.2) is 61.2 Å². The highest BCUT2D eigenvalue weighted by atomic mass is 16.1. The second-order valence-corrected chi connectivity index (χ2v) is 5.80. The molecule has 0 saturated carbocycles. The normalized spacial score (nSPS) is 11.0. The van der Waals surface area contributed by atoms with Crippen LogP contribution in [0.25, 0.3) is 21.8 Å². The molecule has 3 heterocycles. The first-order valence-corrected chi connectivity index (χ1v) is 8.20. The van der Waals surface area contributed by atoms with Crippen molar-refractivity contribution in [1.82, 2.24) is 25.1 Å². The third-order valence-corrected chi connectivity index (χ3v) is 4.14. The monoisotopic (exact) mass is 331 g/mol. The molecule has 1 N–H and O–H groups in total. The van der Waals surface area contributed by atoms with Gasteiger partial charge < -0.3 is 5.32 Å². The Morgan fingerprint density at radius 1 is 1.04 bits per heavy atom. The second kappa shape index (κ2) is 6.68. The molecule has 0 atom stereocenters. The molecule has 1 aromatic carbocycles. The van der Waals surface area contributed by atoms with Crippen LogP contribution in [0.2, 0.25) is 0 Å². The number of carbonyl (C=O) groups is 1. The zero-order valence-corrected chi connectivity index (χ0v) is 13.6. The Balaban J connectivity index is 1.39. The van der Waals surface area contributed by atoms with E-state index in [2.05, 4.69) is 20.4 Å². The van der Waals surface area contributed by atoms with Crippen LogP contribution >= 0.6 is 0 Å². The number of hydrogen-bond acceptors (Lipinski definition) is 4. The standard InChI is InChI=1S/C19H17N5O/c25-19(16-13-20-11-15-6-3-8-21-18(15)16)22-9-4-10-24-17-7-2-1-5-14(17)12-23-24/h1-3,5-8,11-13H,4,9-10H2,(H,22,25). The molecular weight excluding hydrogens is 314 g/mol. The highest BCUT2D eigenvalue weighted by molar-refractivity contribution is 6.04. The number of aromatic nitrogens is 4. The van der Waals surface area contributed by atoms with E-state index in [0.29, 0.717) is 17.6 Å². The Hall–Kier alpha value is -3.28. The van der Waals surface area contributed by atoms with E-state index in [1.54, 1.807) is 18.6 Å². The van der Waals surface area contributed by atoms with Crippen molar-refractivity contribution in [3.05, 3.63) is 66.7 Å². The van der Waals surface area contributed by atoms with E-state index in [-0.39, 0.29) is 5.91 Å². The van der Waals surface area contributed by atoms with Gasteiger partial charge in [0.25, 0.3) is 5.91 Å². The van der Waals surface area contributed by atoms with Crippen LogP contribution in [0.5, 0.6) is 0 Å². The Bertz CT molecular complexity index is 1030. The number of rotatable bonds is 5. The minimum Gasteiger partial charge on any atom is -0.352 e. The number of aryl methyl sites for hydroxylation is 1. The molecule has 0 bridgehead atoms. The molecule has 0 fully saturated rings. The van der Waals surface area contributed by atoms with Crippen molar-refractivity contribution in [2.24, 2.45) is 0 Å². The van der Waals surface area contributed by atoms with Crippen molar-refractivity contribution in [2.75, 3.05) is 6.54 Å². The summed E-state index contributed by atoms with van der Waals surface area (Å²) in [6, 6.07) is 11.8. The minimum absolute atomic E-state index is 0.151. The second-order valence-electron chi connectivity index (χ2n) is 5.80. The fourth-order valence-electron chi connectivity index (χ4n) is 2.90. The quantitative estimate of drug-likeness (QED) is 0.571. The van der Waals surface area contributed by atoms with Crippen LogP contribution in [0.4, 0.5) is 0 Å². The molecule has 6 nitrogen and oxygen atoms in total. The number of pyridine rings is 2. The largest absolute Gasteiger partial charge is 0.352 e. The molecule has 4 rings (SSSR count). The first-order valence-electron chi connectivity index (χ1n) is 8.20. The van der Waals surface area contributed by atoms with Crippen LogP contribution in [-0.2, 0) is 6.54 Å². The highest BCUT2D eigenvalue weighted by Crippen LogP contribution is 2.14. The van der Waals surface area contributed by atoms with Crippen LogP contribution < -0.4 is 5.32 Å². The van der Waals surface area contributed by atoms with Crippen molar-refractivity contribution in [3.63, 3.8) is 0 Å². The molecular formula is C19H17N5O. The lowest BCUT2D eigenvalue weighted by Gasteiger charge is -2.07. The molecule has 0 spiro atoms. The predicted molar refractivity (Wildman–Crippen MR) is 96.2 cm³/mol. The molecule has 3 aromatic heterocycles. The van der Waals surface area contributed by atoms with Crippen LogP contribution in [0, 0.1) is 0 Å². The molecule has 0 aliphatic carbocycles. The van der Waals surface area contributed by atoms with Crippen molar-refractivity contribution in [2.45, 2.75) is 13.0 Å². The number of nitrogens with one attached hydrogen (secondary N) is 1. The average molecular weight is 331 g/mol. The number of nitrogens with zero attached hydrogens (tertiary/aromatic N) is 4. The topological polar surface area (TPSA) is 72.7 Å². The Labute approximate surface area is 144 Å². The molecule has 6 heteroatoms. The van der Waals surface area contributed by atoms with E-state index < -0.39 is 0 Å². The Morgan fingerprint density at radius 3 is 2.88 bits per heavy atom. The first kappa shape index (κ1) is 15.3. The molecule has 25 heavy (non-hydrogen) atoms. The van der Waals surface area contributed by atoms with Gasteiger partial charge in [-0.3, -0.25) is 19.4 Å². The van der Waals surface area contributed by atoms with Crippen LogP contribution in [0.3, 0.4) is 0 Å². The fraction of sp³-hybridized carbons (Fsp3) is 0.158. The SMILES string of the molecule is O=C(NCCCn1ncc2ccccc21)c1cncc2cccnc12. The van der Waals surface area contributed by atoms with Crippen molar-refractivity contribution in [3.8, 4) is 0 Å². The summed E-state index contributed by atoms with van der Waals surface area (Å²) in [5.41, 5.74) is 2.28. The Morgan fingerprint density at radius 2 is 1.92 bits per heavy atom. The number of hydrogen-bond donors (Lipinski definition) is 1. The molecule has 0 aliphatic rings. The first-order chi connectivity index (χ1) is 12.3. The lowest BCUT2D eigenvalue weighted by Crippen LogP contribution is -2.25. The zero-order valence-electron chi connectivity index (χ0n) is 13.6. The van der Waals surface area contributed by atoms with E-state index in [4.69, 9.17) is 0 Å². The van der Waals surface area contributed by atoms with Gasteiger partial charge in [-0.15, -0.1) is 0 Å². The molecule has 1 amide bonds. The van der Waals surface area contributed by atoms with E-state index in [1.165, 1.54) is 0 Å². The average Bonchev–Trinajstić information content (AvgIpc) is 3.08. The summed E-state index contributed by atoms with van der Waals surface area (Å²) in [7, 11) is 0. The molecule has 0 saturated heterocycles. The van der Waals surface area contributed by atoms with Gasteiger partial charge >= 0.3 is 0 Å². The maximum absolute atomic E-state index is 12.4. The van der Waals surface area contributed by atoms with Crippen molar-refractivity contribution in [1.29, 1.82) is 0 Å². The lowest BCUT2D eigenvalue weighted by atomic mass is 10.1. The summed E-state index contributed by atoms with van der Waals surface area (Å²) in [5.74, 6) is -0.151. The minimum atomic E-state index is -0.151. The summed E-state index contributed by atoms with van der Waals surface area (Å²) in [4.78, 5) is 20.8. The summed E-state index contributed by atoms with van der Waals surface area (Å²) < 4.78 is 1.96. The fourth-order valence-corrected chi connectivity index (χ4v) is 2.90.